The van der Waals surface area contributed by atoms with Gasteiger partial charge >= 0.3 is 0 Å². The third-order valence-corrected chi connectivity index (χ3v) is 8.76. The molecule has 0 aliphatic carbocycles. The summed E-state index contributed by atoms with van der Waals surface area (Å²) in [7, 11) is 0. The number of benzene rings is 8. The van der Waals surface area contributed by atoms with Gasteiger partial charge in [0.25, 0.3) is 0 Å². The molecule has 0 aliphatic heterocycles. The SMILES string of the molecule is C=Cc1c(C=C)c(-c2ccccc2)c2cc3c(cc2c1-c1ccccc1)c1ccccc1c1ccc2ccccc2c13. The Labute approximate surface area is 245 Å². The Balaban J connectivity index is 1.71. The second-order valence-electron chi connectivity index (χ2n) is 10.9. The minimum atomic E-state index is 1.11. The van der Waals surface area contributed by atoms with Crippen LogP contribution in [-0.4, -0.2) is 0 Å². The van der Waals surface area contributed by atoms with Crippen molar-refractivity contribution in [3.05, 3.63) is 158 Å². The molecule has 0 radical (unpaired) electrons. The fourth-order valence-electron chi connectivity index (χ4n) is 7.00. The van der Waals surface area contributed by atoms with E-state index in [-0.39, 0.29) is 0 Å². The Morgan fingerprint density at radius 2 is 0.833 bits per heavy atom. The van der Waals surface area contributed by atoms with E-state index in [0.29, 0.717) is 0 Å². The second kappa shape index (κ2) is 9.58. The molecule has 0 fully saturated rings. The van der Waals surface area contributed by atoms with Crippen molar-refractivity contribution >= 4 is 66.0 Å². The lowest BCUT2D eigenvalue weighted by Crippen LogP contribution is -1.97. The molecule has 0 unspecified atom stereocenters. The first-order chi connectivity index (χ1) is 20.8. The normalized spacial score (nSPS) is 11.5. The summed E-state index contributed by atoms with van der Waals surface area (Å²) in [4.78, 5) is 0. The maximum Gasteiger partial charge on any atom is -0.00201 e. The lowest BCUT2D eigenvalue weighted by molar-refractivity contribution is 1.59. The topological polar surface area (TPSA) is 0 Å². The van der Waals surface area contributed by atoms with Gasteiger partial charge in [-0.2, -0.15) is 0 Å². The molecule has 0 atom stereocenters. The average Bonchev–Trinajstić information content (AvgIpc) is 3.07. The van der Waals surface area contributed by atoms with E-state index in [9.17, 15) is 0 Å². The Morgan fingerprint density at radius 1 is 0.357 bits per heavy atom. The zero-order valence-electron chi connectivity index (χ0n) is 23.3. The van der Waals surface area contributed by atoms with Crippen LogP contribution in [0.4, 0.5) is 0 Å². The fraction of sp³-hybridized carbons (Fsp3) is 0. The molecule has 0 aliphatic rings. The van der Waals surface area contributed by atoms with Crippen molar-refractivity contribution in [2.75, 3.05) is 0 Å². The van der Waals surface area contributed by atoms with E-state index in [2.05, 4.69) is 147 Å². The van der Waals surface area contributed by atoms with Gasteiger partial charge in [-0.05, 0) is 99.4 Å². The number of fused-ring (bicyclic) bond motifs is 9. The van der Waals surface area contributed by atoms with Gasteiger partial charge in [0.15, 0.2) is 0 Å². The summed E-state index contributed by atoms with van der Waals surface area (Å²) in [5.74, 6) is 0. The lowest BCUT2D eigenvalue weighted by atomic mass is 9.81. The summed E-state index contributed by atoms with van der Waals surface area (Å²) in [5.41, 5.74) is 6.96. The molecule has 0 nitrogen and oxygen atoms in total. The van der Waals surface area contributed by atoms with E-state index in [0.717, 1.165) is 11.1 Å². The highest BCUT2D eigenvalue weighted by Gasteiger charge is 2.21. The van der Waals surface area contributed by atoms with Crippen molar-refractivity contribution < 1.29 is 0 Å². The Morgan fingerprint density at radius 3 is 1.40 bits per heavy atom. The first-order valence-electron chi connectivity index (χ1n) is 14.4. The molecule has 196 valence electrons. The molecule has 8 aromatic carbocycles. The van der Waals surface area contributed by atoms with Gasteiger partial charge in [0, 0.05) is 0 Å². The van der Waals surface area contributed by atoms with E-state index < -0.39 is 0 Å². The van der Waals surface area contributed by atoms with Gasteiger partial charge in [-0.25, -0.2) is 0 Å². The Hall–Kier alpha value is -5.46. The number of hydrogen-bond acceptors (Lipinski definition) is 0. The Bertz CT molecular complexity index is 2350. The zero-order chi connectivity index (χ0) is 28.2. The van der Waals surface area contributed by atoms with Gasteiger partial charge in [0.1, 0.15) is 0 Å². The molecule has 0 bridgehead atoms. The van der Waals surface area contributed by atoms with Gasteiger partial charge in [-0.3, -0.25) is 0 Å². The molecule has 42 heavy (non-hydrogen) atoms. The van der Waals surface area contributed by atoms with Gasteiger partial charge in [-0.15, -0.1) is 0 Å². The molecule has 0 heterocycles. The van der Waals surface area contributed by atoms with Crippen LogP contribution in [0.1, 0.15) is 11.1 Å². The van der Waals surface area contributed by atoms with Gasteiger partial charge in [0.05, 0.1) is 0 Å². The smallest absolute Gasteiger partial charge is 0.00201 e. The van der Waals surface area contributed by atoms with Crippen molar-refractivity contribution in [1.82, 2.24) is 0 Å². The minimum absolute atomic E-state index is 1.11. The van der Waals surface area contributed by atoms with Crippen LogP contribution in [0.5, 0.6) is 0 Å². The van der Waals surface area contributed by atoms with Crippen LogP contribution in [0.15, 0.2) is 147 Å². The largest absolute Gasteiger partial charge is 0.0984 e. The van der Waals surface area contributed by atoms with E-state index in [4.69, 9.17) is 0 Å². The van der Waals surface area contributed by atoms with Crippen molar-refractivity contribution in [3.63, 3.8) is 0 Å². The van der Waals surface area contributed by atoms with Gasteiger partial charge in [-0.1, -0.05) is 147 Å². The van der Waals surface area contributed by atoms with Crippen LogP contribution in [-0.2, 0) is 0 Å². The van der Waals surface area contributed by atoms with Crippen molar-refractivity contribution in [2.24, 2.45) is 0 Å². The molecule has 0 saturated carbocycles. The predicted octanol–water partition coefficient (Wildman–Crippen LogP) is 12.1. The minimum Gasteiger partial charge on any atom is -0.0984 e. The van der Waals surface area contributed by atoms with E-state index >= 15 is 0 Å². The van der Waals surface area contributed by atoms with Crippen LogP contribution in [0.2, 0.25) is 0 Å². The van der Waals surface area contributed by atoms with Crippen LogP contribution < -0.4 is 0 Å². The maximum atomic E-state index is 4.31. The molecule has 0 N–H and O–H groups in total. The summed E-state index contributed by atoms with van der Waals surface area (Å²) in [6.45, 7) is 8.62. The Kier molecular flexibility index (Phi) is 5.55. The first-order valence-corrected chi connectivity index (χ1v) is 14.4. The molecular weight excluding hydrogens is 504 g/mol. The van der Waals surface area contributed by atoms with Crippen LogP contribution in [0.3, 0.4) is 0 Å². The van der Waals surface area contributed by atoms with Crippen LogP contribution in [0.25, 0.3) is 88.3 Å². The van der Waals surface area contributed by atoms with Crippen molar-refractivity contribution in [2.45, 2.75) is 0 Å². The molecule has 0 spiro atoms. The molecule has 0 amide bonds. The quantitative estimate of drug-likeness (QED) is 0.156. The lowest BCUT2D eigenvalue weighted by Gasteiger charge is -2.22. The van der Waals surface area contributed by atoms with Crippen molar-refractivity contribution in [1.29, 1.82) is 0 Å². The molecule has 8 rings (SSSR count). The molecule has 0 saturated heterocycles. The summed E-state index contributed by atoms with van der Waals surface area (Å²) in [6, 6.07) is 48.4. The highest BCUT2D eigenvalue weighted by molar-refractivity contribution is 6.33. The summed E-state index contributed by atoms with van der Waals surface area (Å²) in [5, 5.41) is 12.6. The van der Waals surface area contributed by atoms with Crippen molar-refractivity contribution in [3.8, 4) is 22.3 Å². The molecule has 8 aromatic rings. The average molecular weight is 533 g/mol. The van der Waals surface area contributed by atoms with Gasteiger partial charge in [0.2, 0.25) is 0 Å². The first kappa shape index (κ1) is 24.3. The predicted molar refractivity (Wildman–Crippen MR) is 185 cm³/mol. The summed E-state index contributed by atoms with van der Waals surface area (Å²) in [6.07, 6.45) is 4.00. The highest BCUT2D eigenvalue weighted by Crippen LogP contribution is 2.47. The summed E-state index contributed by atoms with van der Waals surface area (Å²) >= 11 is 0. The third-order valence-electron chi connectivity index (χ3n) is 8.76. The van der Waals surface area contributed by atoms with E-state index in [1.165, 1.54) is 76.1 Å². The number of rotatable bonds is 4. The zero-order valence-corrected chi connectivity index (χ0v) is 23.3. The van der Waals surface area contributed by atoms with E-state index in [1.807, 2.05) is 12.2 Å². The summed E-state index contributed by atoms with van der Waals surface area (Å²) < 4.78 is 0. The van der Waals surface area contributed by atoms with Crippen LogP contribution >= 0.6 is 0 Å². The van der Waals surface area contributed by atoms with E-state index in [1.54, 1.807) is 0 Å². The standard InChI is InChI=1S/C42H28/c1-3-30-31(4-2)41(29-18-9-6-10-19-29)39-26-37-36(25-38(39)40(30)28-16-7-5-8-17-28)34-22-14-13-21-33(34)35-24-23-27-15-11-12-20-32(27)42(35)37/h3-26H,1-2H2. The number of hydrogen-bond donors (Lipinski definition) is 0. The maximum absolute atomic E-state index is 4.31. The van der Waals surface area contributed by atoms with Crippen LogP contribution in [0, 0.1) is 0 Å². The second-order valence-corrected chi connectivity index (χ2v) is 10.9. The molecule has 0 heteroatoms. The highest BCUT2D eigenvalue weighted by atomic mass is 14.2. The third kappa shape index (κ3) is 3.49. The van der Waals surface area contributed by atoms with Gasteiger partial charge < -0.3 is 0 Å². The monoisotopic (exact) mass is 532 g/mol. The molecule has 0 aromatic heterocycles. The fourth-order valence-corrected chi connectivity index (χ4v) is 7.00. The molecular formula is C42H28.